The maximum atomic E-state index is 5.55. The van der Waals surface area contributed by atoms with Gasteiger partial charge in [-0.3, -0.25) is 0 Å². The number of amidine groups is 1. The molecule has 1 unspecified atom stereocenters. The molecule has 0 aromatic heterocycles. The molecule has 1 fully saturated rings. The van der Waals surface area contributed by atoms with Crippen LogP contribution < -0.4 is 14.8 Å². The van der Waals surface area contributed by atoms with Crippen molar-refractivity contribution in [3.63, 3.8) is 0 Å². The minimum atomic E-state index is 0.129. The number of benzene rings is 1. The fourth-order valence-corrected chi connectivity index (χ4v) is 1.98. The lowest BCUT2D eigenvalue weighted by molar-refractivity contribution is 0.171. The van der Waals surface area contributed by atoms with Gasteiger partial charge in [0.2, 0.25) is 0 Å². The van der Waals surface area contributed by atoms with E-state index in [4.69, 9.17) is 14.2 Å². The van der Waals surface area contributed by atoms with Crippen LogP contribution in [0.25, 0.3) is 0 Å². The summed E-state index contributed by atoms with van der Waals surface area (Å²) in [5.74, 6) is 1.61. The van der Waals surface area contributed by atoms with Crippen LogP contribution in [-0.2, 0) is 4.74 Å². The van der Waals surface area contributed by atoms with E-state index in [1.807, 2.05) is 18.2 Å². The van der Waals surface area contributed by atoms with Crippen LogP contribution >= 0.6 is 0 Å². The molecule has 0 aliphatic carbocycles. The number of aliphatic imine (C=N–C) groups is 1. The normalized spacial score (nSPS) is 24.3. The smallest absolute Gasteiger partial charge is 0.285 e. The molecular weight excluding hydrogens is 220 g/mol. The molecule has 0 amide bonds. The monoisotopic (exact) mass is 234 g/mol. The van der Waals surface area contributed by atoms with Crippen LogP contribution in [-0.4, -0.2) is 32.9 Å². The summed E-state index contributed by atoms with van der Waals surface area (Å²) >= 11 is 0. The Hall–Kier alpha value is -1.91. The first-order valence-electron chi connectivity index (χ1n) is 5.62. The summed E-state index contributed by atoms with van der Waals surface area (Å²) < 4.78 is 16.4. The fraction of sp³-hybridized carbons (Fsp3) is 0.417. The van der Waals surface area contributed by atoms with Crippen molar-refractivity contribution in [3.8, 4) is 11.5 Å². The molecule has 1 aromatic rings. The first kappa shape index (κ1) is 10.3. The van der Waals surface area contributed by atoms with Crippen molar-refractivity contribution >= 4 is 6.02 Å². The molecule has 5 nitrogen and oxygen atoms in total. The van der Waals surface area contributed by atoms with Crippen molar-refractivity contribution < 1.29 is 14.2 Å². The van der Waals surface area contributed by atoms with Gasteiger partial charge in [0, 0.05) is 7.05 Å². The third kappa shape index (κ3) is 1.88. The number of ether oxygens (including phenoxy) is 3. The molecule has 2 aliphatic heterocycles. The zero-order valence-corrected chi connectivity index (χ0v) is 9.60. The van der Waals surface area contributed by atoms with E-state index in [0.717, 1.165) is 17.1 Å². The van der Waals surface area contributed by atoms with Crippen LogP contribution in [0, 0.1) is 0 Å². The molecule has 1 saturated heterocycles. The Morgan fingerprint density at radius 1 is 1.18 bits per heavy atom. The lowest BCUT2D eigenvalue weighted by atomic mass is 10.1. The highest BCUT2D eigenvalue weighted by Crippen LogP contribution is 2.33. The highest BCUT2D eigenvalue weighted by atomic mass is 16.6. The standard InChI is InChI=1S/C12H14N2O3/c1-13-12-14-9(7-17-12)8-2-3-10-11(6-8)16-5-4-15-10/h2-3,6,9H,4-5,7H2,1H3,(H,13,14). The third-order valence-corrected chi connectivity index (χ3v) is 2.86. The number of fused-ring (bicyclic) bond motifs is 1. The molecular formula is C12H14N2O3. The van der Waals surface area contributed by atoms with Crippen molar-refractivity contribution in [3.05, 3.63) is 23.8 Å². The van der Waals surface area contributed by atoms with Crippen LogP contribution in [0.15, 0.2) is 23.2 Å². The largest absolute Gasteiger partial charge is 0.486 e. The summed E-state index contributed by atoms with van der Waals surface area (Å²) in [4.78, 5) is 3.98. The molecule has 0 spiro atoms. The average molecular weight is 234 g/mol. The van der Waals surface area contributed by atoms with E-state index in [9.17, 15) is 0 Å². The molecule has 0 radical (unpaired) electrons. The van der Waals surface area contributed by atoms with Gasteiger partial charge in [0.1, 0.15) is 19.8 Å². The number of hydrogen-bond acceptors (Lipinski definition) is 4. The molecule has 90 valence electrons. The van der Waals surface area contributed by atoms with Crippen molar-refractivity contribution in [2.24, 2.45) is 4.99 Å². The quantitative estimate of drug-likeness (QED) is 0.790. The zero-order chi connectivity index (χ0) is 11.7. The number of nitrogens with one attached hydrogen (secondary N) is 1. The molecule has 17 heavy (non-hydrogen) atoms. The predicted molar refractivity (Wildman–Crippen MR) is 62.6 cm³/mol. The van der Waals surface area contributed by atoms with E-state index in [2.05, 4.69) is 10.3 Å². The van der Waals surface area contributed by atoms with Crippen LogP contribution in [0.1, 0.15) is 11.6 Å². The molecule has 1 N–H and O–H groups in total. The molecule has 0 saturated carbocycles. The van der Waals surface area contributed by atoms with Gasteiger partial charge < -0.3 is 19.5 Å². The minimum Gasteiger partial charge on any atom is -0.486 e. The SMILES string of the molecule is CN=C1NC(c2ccc3c(c2)OCCO3)CO1. The Balaban J connectivity index is 1.84. The second kappa shape index (κ2) is 4.16. The maximum absolute atomic E-state index is 5.55. The maximum Gasteiger partial charge on any atom is 0.285 e. The van der Waals surface area contributed by atoms with Gasteiger partial charge in [0.15, 0.2) is 11.5 Å². The van der Waals surface area contributed by atoms with Gasteiger partial charge in [-0.15, -0.1) is 0 Å². The summed E-state index contributed by atoms with van der Waals surface area (Å²) in [7, 11) is 1.70. The Labute approximate surface area is 99.4 Å². The summed E-state index contributed by atoms with van der Waals surface area (Å²) in [6, 6.07) is 6.67. The zero-order valence-electron chi connectivity index (χ0n) is 9.60. The van der Waals surface area contributed by atoms with E-state index in [1.54, 1.807) is 7.05 Å². The average Bonchev–Trinajstić information content (AvgIpc) is 2.87. The Bertz CT molecular complexity index is 459. The van der Waals surface area contributed by atoms with Crippen LogP contribution in [0.3, 0.4) is 0 Å². The molecule has 2 heterocycles. The summed E-state index contributed by atoms with van der Waals surface area (Å²) in [6.07, 6.45) is 0. The van der Waals surface area contributed by atoms with Crippen molar-refractivity contribution in [2.45, 2.75) is 6.04 Å². The van der Waals surface area contributed by atoms with Crippen molar-refractivity contribution in [2.75, 3.05) is 26.9 Å². The van der Waals surface area contributed by atoms with E-state index in [-0.39, 0.29) is 6.04 Å². The summed E-state index contributed by atoms with van der Waals surface area (Å²) in [5.41, 5.74) is 1.12. The van der Waals surface area contributed by atoms with E-state index in [1.165, 1.54) is 0 Å². The molecule has 1 atom stereocenters. The number of nitrogens with zero attached hydrogens (tertiary/aromatic N) is 1. The van der Waals surface area contributed by atoms with Crippen molar-refractivity contribution in [1.29, 1.82) is 0 Å². The first-order valence-corrected chi connectivity index (χ1v) is 5.62. The third-order valence-electron chi connectivity index (χ3n) is 2.86. The predicted octanol–water partition coefficient (Wildman–Crippen LogP) is 1.10. The van der Waals surface area contributed by atoms with Crippen molar-refractivity contribution in [1.82, 2.24) is 5.32 Å². The molecule has 0 bridgehead atoms. The molecule has 2 aliphatic rings. The van der Waals surface area contributed by atoms with Gasteiger partial charge in [-0.2, -0.15) is 0 Å². The van der Waals surface area contributed by atoms with Gasteiger partial charge in [-0.05, 0) is 17.7 Å². The van der Waals surface area contributed by atoms with Gasteiger partial charge in [0.25, 0.3) is 6.02 Å². The minimum absolute atomic E-state index is 0.129. The lowest BCUT2D eigenvalue weighted by Crippen LogP contribution is -2.20. The van der Waals surface area contributed by atoms with Gasteiger partial charge in [-0.1, -0.05) is 6.07 Å². The first-order chi connectivity index (χ1) is 8.36. The second-order valence-electron chi connectivity index (χ2n) is 3.94. The lowest BCUT2D eigenvalue weighted by Gasteiger charge is -2.19. The van der Waals surface area contributed by atoms with E-state index >= 15 is 0 Å². The Kier molecular flexibility index (Phi) is 2.51. The van der Waals surface area contributed by atoms with Crippen LogP contribution in [0.2, 0.25) is 0 Å². The van der Waals surface area contributed by atoms with E-state index < -0.39 is 0 Å². The highest BCUT2D eigenvalue weighted by molar-refractivity contribution is 5.76. The topological polar surface area (TPSA) is 52.1 Å². The Morgan fingerprint density at radius 3 is 2.76 bits per heavy atom. The number of hydrogen-bond donors (Lipinski definition) is 1. The molecule has 5 heteroatoms. The van der Waals surface area contributed by atoms with Gasteiger partial charge in [0.05, 0.1) is 6.04 Å². The van der Waals surface area contributed by atoms with Gasteiger partial charge >= 0.3 is 0 Å². The molecule has 3 rings (SSSR count). The fourth-order valence-electron chi connectivity index (χ4n) is 1.98. The highest BCUT2D eigenvalue weighted by Gasteiger charge is 2.23. The van der Waals surface area contributed by atoms with Gasteiger partial charge in [-0.25, -0.2) is 4.99 Å². The van der Waals surface area contributed by atoms with Crippen LogP contribution in [0.5, 0.6) is 11.5 Å². The second-order valence-corrected chi connectivity index (χ2v) is 3.94. The number of rotatable bonds is 1. The van der Waals surface area contributed by atoms with E-state index in [0.29, 0.717) is 25.8 Å². The Morgan fingerprint density at radius 2 is 2.00 bits per heavy atom. The summed E-state index contributed by atoms with van der Waals surface area (Å²) in [5, 5.41) is 3.20. The van der Waals surface area contributed by atoms with Crippen LogP contribution in [0.4, 0.5) is 0 Å². The summed E-state index contributed by atoms with van der Waals surface area (Å²) in [6.45, 7) is 1.81. The molecule has 1 aromatic carbocycles.